The van der Waals surface area contributed by atoms with Crippen LogP contribution in [0.1, 0.15) is 22.3 Å². The molecule has 18 heavy (non-hydrogen) atoms. The maximum atomic E-state index is 12.0. The summed E-state index contributed by atoms with van der Waals surface area (Å²) >= 11 is 0. The van der Waals surface area contributed by atoms with Gasteiger partial charge >= 0.3 is 0 Å². The molecule has 1 atom stereocenters. The van der Waals surface area contributed by atoms with Crippen LogP contribution in [0.5, 0.6) is 0 Å². The largest absolute Gasteiger partial charge is 0.321 e. The van der Waals surface area contributed by atoms with Crippen LogP contribution >= 0.6 is 0 Å². The van der Waals surface area contributed by atoms with Crippen LogP contribution in [0.2, 0.25) is 0 Å². The van der Waals surface area contributed by atoms with Crippen LogP contribution in [0.25, 0.3) is 0 Å². The number of Topliss-reactive ketones (excluding diaryl/α,β-unsaturated/α-hetero) is 1. The van der Waals surface area contributed by atoms with Gasteiger partial charge in [0.05, 0.1) is 6.04 Å². The summed E-state index contributed by atoms with van der Waals surface area (Å²) in [6.45, 7) is 0. The maximum absolute atomic E-state index is 12.0. The quantitative estimate of drug-likeness (QED) is 0.815. The zero-order valence-corrected chi connectivity index (χ0v) is 10.3. The van der Waals surface area contributed by atoms with E-state index in [0.717, 1.165) is 6.42 Å². The lowest BCUT2D eigenvalue weighted by molar-refractivity contribution is 0.0957. The van der Waals surface area contributed by atoms with Gasteiger partial charge in [-0.1, -0.05) is 60.7 Å². The number of hydrogen-bond acceptors (Lipinski definition) is 2. The van der Waals surface area contributed by atoms with Crippen LogP contribution in [0.3, 0.4) is 0 Å². The maximum Gasteiger partial charge on any atom is 0.179 e. The van der Waals surface area contributed by atoms with Crippen molar-refractivity contribution < 1.29 is 4.79 Å². The van der Waals surface area contributed by atoms with Gasteiger partial charge in [0, 0.05) is 5.56 Å². The van der Waals surface area contributed by atoms with E-state index in [4.69, 9.17) is 5.73 Å². The fourth-order valence-corrected chi connectivity index (χ4v) is 1.91. The molecular weight excluding hydrogens is 222 g/mol. The lowest BCUT2D eigenvalue weighted by Crippen LogP contribution is -2.31. The van der Waals surface area contributed by atoms with Crippen molar-refractivity contribution in [3.8, 4) is 0 Å². The summed E-state index contributed by atoms with van der Waals surface area (Å²) in [6.07, 6.45) is 1.51. The van der Waals surface area contributed by atoms with E-state index >= 15 is 0 Å². The summed E-state index contributed by atoms with van der Waals surface area (Å²) in [5, 5.41) is 0. The molecule has 0 bridgehead atoms. The molecule has 0 aliphatic heterocycles. The van der Waals surface area contributed by atoms with Gasteiger partial charge in [-0.3, -0.25) is 4.79 Å². The van der Waals surface area contributed by atoms with Crippen molar-refractivity contribution in [1.82, 2.24) is 0 Å². The van der Waals surface area contributed by atoms with Crippen LogP contribution in [0.4, 0.5) is 0 Å². The molecule has 0 saturated carbocycles. The van der Waals surface area contributed by atoms with Gasteiger partial charge in [-0.15, -0.1) is 0 Å². The number of hydrogen-bond donors (Lipinski definition) is 1. The first-order chi connectivity index (χ1) is 8.77. The van der Waals surface area contributed by atoms with Gasteiger partial charge in [-0.25, -0.2) is 0 Å². The van der Waals surface area contributed by atoms with Gasteiger partial charge in [-0.05, 0) is 18.4 Å². The second kappa shape index (κ2) is 6.12. The first-order valence-corrected chi connectivity index (χ1v) is 6.16. The highest BCUT2D eigenvalue weighted by atomic mass is 16.1. The lowest BCUT2D eigenvalue weighted by atomic mass is 9.99. The number of nitrogens with two attached hydrogens (primary N) is 1. The first-order valence-electron chi connectivity index (χ1n) is 6.16. The van der Waals surface area contributed by atoms with Crippen molar-refractivity contribution in [2.45, 2.75) is 18.9 Å². The highest BCUT2D eigenvalue weighted by molar-refractivity contribution is 5.99. The summed E-state index contributed by atoms with van der Waals surface area (Å²) in [4.78, 5) is 12.0. The number of carbonyl (C=O) groups excluding carboxylic acids is 1. The molecule has 0 radical (unpaired) electrons. The van der Waals surface area contributed by atoms with E-state index in [1.165, 1.54) is 5.56 Å². The van der Waals surface area contributed by atoms with E-state index in [0.29, 0.717) is 12.0 Å². The van der Waals surface area contributed by atoms with E-state index < -0.39 is 6.04 Å². The number of rotatable bonds is 5. The normalized spacial score (nSPS) is 12.1. The Morgan fingerprint density at radius 1 is 0.944 bits per heavy atom. The Morgan fingerprint density at radius 3 is 2.11 bits per heavy atom. The van der Waals surface area contributed by atoms with Crippen LogP contribution in [0.15, 0.2) is 60.7 Å². The van der Waals surface area contributed by atoms with Crippen molar-refractivity contribution in [1.29, 1.82) is 0 Å². The van der Waals surface area contributed by atoms with Crippen LogP contribution in [-0.4, -0.2) is 11.8 Å². The Bertz CT molecular complexity index is 493. The summed E-state index contributed by atoms with van der Waals surface area (Å²) in [7, 11) is 0. The second-order valence-corrected chi connectivity index (χ2v) is 4.36. The summed E-state index contributed by atoms with van der Waals surface area (Å²) in [5.41, 5.74) is 7.86. The lowest BCUT2D eigenvalue weighted by Gasteiger charge is -2.10. The van der Waals surface area contributed by atoms with Crippen LogP contribution in [-0.2, 0) is 6.42 Å². The predicted molar refractivity (Wildman–Crippen MR) is 73.5 cm³/mol. The predicted octanol–water partition coefficient (Wildman–Crippen LogP) is 2.83. The molecule has 0 aromatic heterocycles. The molecule has 0 saturated heterocycles. The second-order valence-electron chi connectivity index (χ2n) is 4.36. The molecule has 1 unspecified atom stereocenters. The number of ketones is 1. The Balaban J connectivity index is 1.93. The molecule has 0 amide bonds. The van der Waals surface area contributed by atoms with E-state index in [1.807, 2.05) is 48.5 Å². The third-order valence-corrected chi connectivity index (χ3v) is 2.98. The molecule has 0 aliphatic carbocycles. The molecule has 2 N–H and O–H groups in total. The van der Waals surface area contributed by atoms with E-state index in [2.05, 4.69) is 12.1 Å². The van der Waals surface area contributed by atoms with Crippen molar-refractivity contribution in [2.24, 2.45) is 5.73 Å². The molecule has 0 heterocycles. The van der Waals surface area contributed by atoms with Gasteiger partial charge in [-0.2, -0.15) is 0 Å². The summed E-state index contributed by atoms with van der Waals surface area (Å²) in [5.74, 6) is 0.0199. The average Bonchev–Trinajstić information content (AvgIpc) is 2.46. The van der Waals surface area contributed by atoms with Gasteiger partial charge in [0.15, 0.2) is 5.78 Å². The van der Waals surface area contributed by atoms with Crippen molar-refractivity contribution in [3.63, 3.8) is 0 Å². The van der Waals surface area contributed by atoms with E-state index in [-0.39, 0.29) is 5.78 Å². The van der Waals surface area contributed by atoms with Crippen molar-refractivity contribution >= 4 is 5.78 Å². The minimum Gasteiger partial charge on any atom is -0.321 e. The summed E-state index contributed by atoms with van der Waals surface area (Å²) < 4.78 is 0. The van der Waals surface area contributed by atoms with Gasteiger partial charge in [0.25, 0.3) is 0 Å². The van der Waals surface area contributed by atoms with Gasteiger partial charge in [0.2, 0.25) is 0 Å². The fourth-order valence-electron chi connectivity index (χ4n) is 1.91. The molecule has 2 rings (SSSR count). The van der Waals surface area contributed by atoms with E-state index in [9.17, 15) is 4.79 Å². The molecule has 2 nitrogen and oxygen atoms in total. The molecule has 2 aromatic carbocycles. The van der Waals surface area contributed by atoms with Gasteiger partial charge < -0.3 is 5.73 Å². The molecule has 2 heteroatoms. The topological polar surface area (TPSA) is 43.1 Å². The SMILES string of the molecule is NC(CCc1ccccc1)C(=O)c1ccccc1. The molecule has 0 aliphatic rings. The minimum absolute atomic E-state index is 0.0199. The smallest absolute Gasteiger partial charge is 0.179 e. The molecular formula is C16H17NO. The number of carbonyl (C=O) groups is 1. The van der Waals surface area contributed by atoms with Gasteiger partial charge in [0.1, 0.15) is 0 Å². The Hall–Kier alpha value is -1.93. The molecule has 92 valence electrons. The zero-order chi connectivity index (χ0) is 12.8. The fraction of sp³-hybridized carbons (Fsp3) is 0.188. The highest BCUT2D eigenvalue weighted by Crippen LogP contribution is 2.08. The third kappa shape index (κ3) is 3.28. The standard InChI is InChI=1S/C16H17NO/c17-15(12-11-13-7-3-1-4-8-13)16(18)14-9-5-2-6-10-14/h1-10,15H,11-12,17H2. The first kappa shape index (κ1) is 12.5. The van der Waals surface area contributed by atoms with Crippen LogP contribution in [0, 0.1) is 0 Å². The van der Waals surface area contributed by atoms with Crippen LogP contribution < -0.4 is 5.73 Å². The highest BCUT2D eigenvalue weighted by Gasteiger charge is 2.14. The Kier molecular flexibility index (Phi) is 4.26. The zero-order valence-electron chi connectivity index (χ0n) is 10.3. The monoisotopic (exact) mass is 239 g/mol. The number of benzene rings is 2. The Labute approximate surface area is 107 Å². The molecule has 0 spiro atoms. The molecule has 0 fully saturated rings. The van der Waals surface area contributed by atoms with Crippen molar-refractivity contribution in [3.05, 3.63) is 71.8 Å². The molecule has 2 aromatic rings. The minimum atomic E-state index is -0.424. The van der Waals surface area contributed by atoms with Crippen molar-refractivity contribution in [2.75, 3.05) is 0 Å². The third-order valence-electron chi connectivity index (χ3n) is 2.98. The Morgan fingerprint density at radius 2 is 1.50 bits per heavy atom. The number of aryl methyl sites for hydroxylation is 1. The average molecular weight is 239 g/mol. The van der Waals surface area contributed by atoms with E-state index in [1.54, 1.807) is 0 Å². The summed E-state index contributed by atoms with van der Waals surface area (Å²) in [6, 6.07) is 18.9.